The highest BCUT2D eigenvalue weighted by molar-refractivity contribution is 7.87. The van der Waals surface area contributed by atoms with Crippen LogP contribution in [-0.4, -0.2) is 39.0 Å². The van der Waals surface area contributed by atoms with E-state index in [4.69, 9.17) is 5.11 Å². The van der Waals surface area contributed by atoms with Crippen LogP contribution in [0.4, 0.5) is 13.2 Å². The predicted octanol–water partition coefficient (Wildman–Crippen LogP) is 2.64. The molecule has 27 heavy (non-hydrogen) atoms. The normalized spacial score (nSPS) is 17.0. The average Bonchev–Trinajstić information content (AvgIpc) is 3.47. The number of hydrogen-bond acceptors (Lipinski definition) is 8. The van der Waals surface area contributed by atoms with Crippen molar-refractivity contribution in [2.24, 2.45) is 0 Å². The summed E-state index contributed by atoms with van der Waals surface area (Å²) in [7, 11) is -5.65. The molecular formula is C15H15F3N4O4S. The van der Waals surface area contributed by atoms with Gasteiger partial charge in [-0.1, -0.05) is 0 Å². The van der Waals surface area contributed by atoms with E-state index in [1.165, 1.54) is 25.2 Å². The molecule has 0 saturated heterocycles. The average molecular weight is 404 g/mol. The monoisotopic (exact) mass is 404 g/mol. The molecule has 0 unspecified atom stereocenters. The maximum atomic E-state index is 12.0. The molecule has 8 nitrogen and oxygen atoms in total. The van der Waals surface area contributed by atoms with E-state index < -0.39 is 21.4 Å². The van der Waals surface area contributed by atoms with Gasteiger partial charge in [-0.3, -0.25) is 0 Å². The van der Waals surface area contributed by atoms with Crippen LogP contribution in [0.1, 0.15) is 49.2 Å². The van der Waals surface area contributed by atoms with Crippen LogP contribution in [0.25, 0.3) is 0 Å². The summed E-state index contributed by atoms with van der Waals surface area (Å²) in [5, 5.41) is 8.83. The largest absolute Gasteiger partial charge is 0.534 e. The van der Waals surface area contributed by atoms with E-state index in [1.54, 1.807) is 0 Å². The van der Waals surface area contributed by atoms with Crippen LogP contribution >= 0.6 is 0 Å². The molecule has 2 heterocycles. The molecule has 0 aliphatic heterocycles. The second-order valence-electron chi connectivity index (χ2n) is 6.11. The van der Waals surface area contributed by atoms with Crippen molar-refractivity contribution in [1.82, 2.24) is 19.9 Å². The molecule has 0 radical (unpaired) electrons. The molecule has 0 aromatic carbocycles. The number of aromatic hydroxyl groups is 1. The van der Waals surface area contributed by atoms with E-state index in [0.29, 0.717) is 11.7 Å². The van der Waals surface area contributed by atoms with Crippen molar-refractivity contribution in [3.8, 4) is 11.5 Å². The molecule has 0 amide bonds. The minimum atomic E-state index is -5.65. The van der Waals surface area contributed by atoms with Crippen molar-refractivity contribution in [2.75, 3.05) is 0 Å². The molecule has 0 spiro atoms. The zero-order chi connectivity index (χ0) is 19.7. The minimum Gasteiger partial charge on any atom is -0.505 e. The lowest BCUT2D eigenvalue weighted by molar-refractivity contribution is -0.0500. The Balaban J connectivity index is 0.000000177. The van der Waals surface area contributed by atoms with Crippen molar-refractivity contribution in [2.45, 2.75) is 43.0 Å². The zero-order valence-corrected chi connectivity index (χ0v) is 14.6. The lowest BCUT2D eigenvalue weighted by Gasteiger charge is -2.08. The third-order valence-corrected chi connectivity index (χ3v) is 4.66. The summed E-state index contributed by atoms with van der Waals surface area (Å²) in [4.78, 5) is 15.4. The van der Waals surface area contributed by atoms with Crippen molar-refractivity contribution in [1.29, 1.82) is 0 Å². The standard InChI is InChI=1S/C8H7F3N2O3S.C7H8N2O/c9-8(10,11)17(14,15)16-6-3-12-7(13-4-6)5-1-2-5;10-6-3-8-7(9-4-6)5-1-2-5/h3-5H,1-2H2;3-5,10H,1-2H2. The smallest absolute Gasteiger partial charge is 0.505 e. The number of hydrogen-bond donors (Lipinski definition) is 1. The number of halogens is 3. The van der Waals surface area contributed by atoms with Gasteiger partial charge in [0.15, 0.2) is 11.5 Å². The highest BCUT2D eigenvalue weighted by atomic mass is 32.2. The van der Waals surface area contributed by atoms with Gasteiger partial charge in [0.25, 0.3) is 0 Å². The molecule has 4 rings (SSSR count). The van der Waals surface area contributed by atoms with Crippen LogP contribution in [0.5, 0.6) is 11.5 Å². The summed E-state index contributed by atoms with van der Waals surface area (Å²) in [6.07, 6.45) is 8.99. The van der Waals surface area contributed by atoms with E-state index in [2.05, 4.69) is 24.1 Å². The van der Waals surface area contributed by atoms with Crippen molar-refractivity contribution >= 4 is 10.1 Å². The zero-order valence-electron chi connectivity index (χ0n) is 13.8. The first kappa shape index (κ1) is 19.3. The number of aromatic nitrogens is 4. The van der Waals surface area contributed by atoms with Crippen LogP contribution in [0.3, 0.4) is 0 Å². The molecule has 2 saturated carbocycles. The van der Waals surface area contributed by atoms with Crippen LogP contribution in [-0.2, 0) is 10.1 Å². The third kappa shape index (κ3) is 5.25. The van der Waals surface area contributed by atoms with Gasteiger partial charge < -0.3 is 9.29 Å². The summed E-state index contributed by atoms with van der Waals surface area (Å²) in [6, 6.07) is 0. The first-order valence-electron chi connectivity index (χ1n) is 7.99. The van der Waals surface area contributed by atoms with E-state index in [9.17, 15) is 21.6 Å². The van der Waals surface area contributed by atoms with Crippen molar-refractivity contribution in [3.63, 3.8) is 0 Å². The van der Waals surface area contributed by atoms with Crippen LogP contribution in [0, 0.1) is 0 Å². The SMILES string of the molecule is O=S(=O)(Oc1cnc(C2CC2)nc1)C(F)(F)F.Oc1cnc(C2CC2)nc1. The molecule has 2 aromatic rings. The molecule has 1 N–H and O–H groups in total. The topological polar surface area (TPSA) is 115 Å². The number of nitrogens with zero attached hydrogens (tertiary/aromatic N) is 4. The molecular weight excluding hydrogens is 389 g/mol. The van der Waals surface area contributed by atoms with Gasteiger partial charge in [0.05, 0.1) is 24.8 Å². The van der Waals surface area contributed by atoms with Crippen LogP contribution in [0.2, 0.25) is 0 Å². The highest BCUT2D eigenvalue weighted by Crippen LogP contribution is 2.38. The molecule has 2 aliphatic rings. The Bertz CT molecular complexity index is 881. The van der Waals surface area contributed by atoms with E-state index in [1.807, 2.05) is 0 Å². The Hall–Kier alpha value is -2.50. The molecule has 146 valence electrons. The Morgan fingerprint density at radius 2 is 1.30 bits per heavy atom. The lowest BCUT2D eigenvalue weighted by atomic mass is 10.4. The predicted molar refractivity (Wildman–Crippen MR) is 85.3 cm³/mol. The fourth-order valence-electron chi connectivity index (χ4n) is 1.98. The highest BCUT2D eigenvalue weighted by Gasteiger charge is 2.48. The summed E-state index contributed by atoms with van der Waals surface area (Å²) >= 11 is 0. The number of rotatable bonds is 4. The molecule has 2 aromatic heterocycles. The Morgan fingerprint density at radius 3 is 1.67 bits per heavy atom. The molecule has 0 bridgehead atoms. The Labute approximate surface area is 152 Å². The number of alkyl halides is 3. The summed E-state index contributed by atoms with van der Waals surface area (Å²) in [5.41, 5.74) is -5.46. The van der Waals surface area contributed by atoms with E-state index in [-0.39, 0.29) is 11.7 Å². The van der Waals surface area contributed by atoms with Gasteiger partial charge in [-0.05, 0) is 25.7 Å². The van der Waals surface area contributed by atoms with Gasteiger partial charge in [0.2, 0.25) is 0 Å². The third-order valence-electron chi connectivity index (χ3n) is 3.68. The van der Waals surface area contributed by atoms with Gasteiger partial charge in [-0.2, -0.15) is 21.6 Å². The fraction of sp³-hybridized carbons (Fsp3) is 0.467. The molecule has 0 atom stereocenters. The van der Waals surface area contributed by atoms with Gasteiger partial charge in [0, 0.05) is 11.8 Å². The van der Waals surface area contributed by atoms with Gasteiger partial charge in [0.1, 0.15) is 11.6 Å². The van der Waals surface area contributed by atoms with Gasteiger partial charge in [-0.25, -0.2) is 19.9 Å². The van der Waals surface area contributed by atoms with Gasteiger partial charge >= 0.3 is 15.6 Å². The second kappa shape index (κ2) is 7.25. The van der Waals surface area contributed by atoms with Crippen LogP contribution < -0.4 is 4.18 Å². The maximum Gasteiger partial charge on any atom is 0.534 e. The molecule has 12 heteroatoms. The quantitative estimate of drug-likeness (QED) is 0.611. The van der Waals surface area contributed by atoms with Crippen molar-refractivity contribution < 1.29 is 30.9 Å². The first-order valence-corrected chi connectivity index (χ1v) is 9.40. The van der Waals surface area contributed by atoms with E-state index in [0.717, 1.165) is 31.1 Å². The Kier molecular flexibility index (Phi) is 5.18. The van der Waals surface area contributed by atoms with Crippen LogP contribution in [0.15, 0.2) is 24.8 Å². The molecule has 2 fully saturated rings. The van der Waals surface area contributed by atoms with Crippen molar-refractivity contribution in [3.05, 3.63) is 36.4 Å². The summed E-state index contributed by atoms with van der Waals surface area (Å²) in [6.45, 7) is 0. The summed E-state index contributed by atoms with van der Waals surface area (Å²) in [5.74, 6) is 1.75. The fourth-order valence-corrected chi connectivity index (χ4v) is 2.41. The summed E-state index contributed by atoms with van der Waals surface area (Å²) < 4.78 is 61.1. The van der Waals surface area contributed by atoms with E-state index >= 15 is 0 Å². The Morgan fingerprint density at radius 1 is 0.889 bits per heavy atom. The lowest BCUT2D eigenvalue weighted by Crippen LogP contribution is -2.28. The maximum absolute atomic E-state index is 12.0. The molecule has 2 aliphatic carbocycles. The van der Waals surface area contributed by atoms with Gasteiger partial charge in [-0.15, -0.1) is 0 Å². The minimum absolute atomic E-state index is 0.143. The second-order valence-corrected chi connectivity index (χ2v) is 7.65. The first-order chi connectivity index (χ1) is 12.7.